The van der Waals surface area contributed by atoms with E-state index < -0.39 is 0 Å². The Hall–Kier alpha value is -2.20. The maximum atomic E-state index is 13.6. The average Bonchev–Trinajstić information content (AvgIpc) is 2.92. The number of para-hydroxylation sites is 1. The number of ketones is 1. The fraction of sp³-hybridized carbons (Fsp3) is 0. The molecule has 0 amide bonds. The predicted octanol–water partition coefficient (Wildman–Crippen LogP) is 5.23. The summed E-state index contributed by atoms with van der Waals surface area (Å²) < 4.78 is 19.8. The van der Waals surface area contributed by atoms with Crippen LogP contribution < -0.4 is 0 Å². The van der Waals surface area contributed by atoms with Crippen molar-refractivity contribution >= 4 is 38.8 Å². The van der Waals surface area contributed by atoms with Crippen molar-refractivity contribution in [3.63, 3.8) is 0 Å². The van der Waals surface area contributed by atoms with Crippen LogP contribution in [0.4, 0.5) is 4.39 Å². The minimum absolute atomic E-state index is 0.239. The number of fused-ring (bicyclic) bond motifs is 1. The Bertz CT molecular complexity index is 816. The van der Waals surface area contributed by atoms with Gasteiger partial charge in [0, 0.05) is 15.4 Å². The van der Waals surface area contributed by atoms with E-state index in [0.717, 1.165) is 9.86 Å². The van der Waals surface area contributed by atoms with E-state index >= 15 is 0 Å². The minimum Gasteiger partial charge on any atom is -0.453 e. The molecule has 1 aromatic heterocycles. The van der Waals surface area contributed by atoms with Crippen LogP contribution in [-0.2, 0) is 0 Å². The number of furan rings is 1. The molecule has 0 saturated heterocycles. The largest absolute Gasteiger partial charge is 0.453 e. The number of carbonyl (C=O) groups excluding carboxylic acids is 1. The van der Waals surface area contributed by atoms with Crippen LogP contribution in [0.15, 0.2) is 63.5 Å². The molecule has 0 aliphatic heterocycles. The van der Waals surface area contributed by atoms with Gasteiger partial charge in [-0.1, -0.05) is 34.1 Å². The Morgan fingerprint density at radius 2 is 1.95 bits per heavy atom. The first kappa shape index (κ1) is 13.8. The highest BCUT2D eigenvalue weighted by Gasteiger charge is 2.09. The Morgan fingerprint density at radius 3 is 2.76 bits per heavy atom. The summed E-state index contributed by atoms with van der Waals surface area (Å²) in [6, 6.07) is 13.6. The lowest BCUT2D eigenvalue weighted by molar-refractivity contribution is 0.102. The molecule has 0 aliphatic carbocycles. The fourth-order valence-electron chi connectivity index (χ4n) is 1.99. The number of hydrogen-bond donors (Lipinski definition) is 0. The monoisotopic (exact) mass is 344 g/mol. The number of halogens is 2. The molecule has 104 valence electrons. The normalized spacial score (nSPS) is 11.3. The van der Waals surface area contributed by atoms with Gasteiger partial charge in [0.05, 0.1) is 0 Å². The van der Waals surface area contributed by atoms with Gasteiger partial charge >= 0.3 is 0 Å². The zero-order chi connectivity index (χ0) is 14.8. The van der Waals surface area contributed by atoms with Crippen molar-refractivity contribution in [1.82, 2.24) is 0 Å². The second-order valence-electron chi connectivity index (χ2n) is 4.51. The molecule has 0 spiro atoms. The minimum atomic E-state index is -0.383. The van der Waals surface area contributed by atoms with Gasteiger partial charge in [-0.15, -0.1) is 0 Å². The van der Waals surface area contributed by atoms with Crippen LogP contribution in [0, 0.1) is 5.82 Å². The molecule has 3 aromatic rings. The summed E-state index contributed by atoms with van der Waals surface area (Å²) in [5, 5.41) is 0.864. The molecule has 2 nitrogen and oxygen atoms in total. The van der Waals surface area contributed by atoms with Crippen LogP contribution >= 0.6 is 15.9 Å². The lowest BCUT2D eigenvalue weighted by atomic mass is 10.1. The number of rotatable bonds is 3. The van der Waals surface area contributed by atoms with Gasteiger partial charge < -0.3 is 4.42 Å². The highest BCUT2D eigenvalue weighted by Crippen LogP contribution is 2.20. The lowest BCUT2D eigenvalue weighted by Crippen LogP contribution is -1.91. The molecule has 0 saturated carbocycles. The molecule has 0 atom stereocenters. The number of carbonyl (C=O) groups is 1. The van der Waals surface area contributed by atoms with E-state index in [1.807, 2.05) is 18.2 Å². The zero-order valence-electron chi connectivity index (χ0n) is 10.8. The molecular formula is C17H10BrFO2. The summed E-state index contributed by atoms with van der Waals surface area (Å²) in [6.45, 7) is 0. The van der Waals surface area contributed by atoms with Crippen LogP contribution in [0.5, 0.6) is 0 Å². The summed E-state index contributed by atoms with van der Waals surface area (Å²) in [5.74, 6) is -0.444. The Kier molecular flexibility index (Phi) is 3.71. The van der Waals surface area contributed by atoms with E-state index in [1.54, 1.807) is 24.3 Å². The molecule has 0 unspecified atom stereocenters. The molecule has 0 radical (unpaired) electrons. The van der Waals surface area contributed by atoms with Gasteiger partial charge in [0.1, 0.15) is 11.4 Å². The molecule has 0 bridgehead atoms. The van der Waals surface area contributed by atoms with E-state index in [4.69, 9.17) is 4.42 Å². The van der Waals surface area contributed by atoms with Crippen LogP contribution in [-0.4, -0.2) is 5.78 Å². The zero-order valence-corrected chi connectivity index (χ0v) is 12.4. The first-order valence-electron chi connectivity index (χ1n) is 6.29. The maximum Gasteiger partial charge on any atom is 0.221 e. The molecule has 0 N–H and O–H groups in total. The van der Waals surface area contributed by atoms with Crippen molar-refractivity contribution < 1.29 is 13.6 Å². The van der Waals surface area contributed by atoms with Crippen molar-refractivity contribution in [1.29, 1.82) is 0 Å². The van der Waals surface area contributed by atoms with Crippen molar-refractivity contribution in [2.24, 2.45) is 0 Å². The number of benzene rings is 2. The third-order valence-electron chi connectivity index (χ3n) is 3.04. The van der Waals surface area contributed by atoms with Crippen molar-refractivity contribution in [2.75, 3.05) is 0 Å². The van der Waals surface area contributed by atoms with Gasteiger partial charge in [0.15, 0.2) is 5.76 Å². The van der Waals surface area contributed by atoms with Gasteiger partial charge in [-0.3, -0.25) is 4.79 Å². The highest BCUT2D eigenvalue weighted by atomic mass is 79.9. The summed E-state index contributed by atoms with van der Waals surface area (Å²) >= 11 is 3.27. The SMILES string of the molecule is O=C(/C=C/c1cc(Br)ccc1F)c1cc2ccccc2o1. The second kappa shape index (κ2) is 5.66. The molecular weight excluding hydrogens is 335 g/mol. The molecule has 21 heavy (non-hydrogen) atoms. The topological polar surface area (TPSA) is 30.2 Å². The molecule has 0 aliphatic rings. The van der Waals surface area contributed by atoms with Gasteiger partial charge in [0.2, 0.25) is 5.78 Å². The second-order valence-corrected chi connectivity index (χ2v) is 5.43. The Labute approximate surface area is 129 Å². The Balaban J connectivity index is 1.88. The predicted molar refractivity (Wildman–Crippen MR) is 83.7 cm³/mol. The van der Waals surface area contributed by atoms with Crippen molar-refractivity contribution in [2.45, 2.75) is 0 Å². The van der Waals surface area contributed by atoms with Crippen LogP contribution in [0.2, 0.25) is 0 Å². The number of allylic oxidation sites excluding steroid dienone is 1. The lowest BCUT2D eigenvalue weighted by Gasteiger charge is -1.97. The van der Waals surface area contributed by atoms with E-state index in [0.29, 0.717) is 11.1 Å². The first-order valence-corrected chi connectivity index (χ1v) is 7.09. The summed E-state index contributed by atoms with van der Waals surface area (Å²) in [5.41, 5.74) is 0.997. The van der Waals surface area contributed by atoms with Gasteiger partial charge in [-0.25, -0.2) is 4.39 Å². The van der Waals surface area contributed by atoms with Gasteiger partial charge in [-0.05, 0) is 42.5 Å². The van der Waals surface area contributed by atoms with Crippen molar-refractivity contribution in [3.8, 4) is 0 Å². The van der Waals surface area contributed by atoms with E-state index in [2.05, 4.69) is 15.9 Å². The van der Waals surface area contributed by atoms with Crippen LogP contribution in [0.3, 0.4) is 0 Å². The summed E-state index contributed by atoms with van der Waals surface area (Å²) in [6.07, 6.45) is 2.75. The third-order valence-corrected chi connectivity index (χ3v) is 3.53. The van der Waals surface area contributed by atoms with Crippen LogP contribution in [0.25, 0.3) is 17.0 Å². The first-order chi connectivity index (χ1) is 10.1. The van der Waals surface area contributed by atoms with E-state index in [9.17, 15) is 9.18 Å². The third kappa shape index (κ3) is 2.95. The summed E-state index contributed by atoms with van der Waals surface area (Å²) in [4.78, 5) is 12.1. The fourth-order valence-corrected chi connectivity index (χ4v) is 2.37. The Morgan fingerprint density at radius 1 is 1.14 bits per heavy atom. The average molecular weight is 345 g/mol. The van der Waals surface area contributed by atoms with Gasteiger partial charge in [-0.2, -0.15) is 0 Å². The number of hydrogen-bond acceptors (Lipinski definition) is 2. The summed E-state index contributed by atoms with van der Waals surface area (Å²) in [7, 11) is 0. The molecule has 4 heteroatoms. The molecule has 2 aromatic carbocycles. The van der Waals surface area contributed by atoms with Crippen LogP contribution in [0.1, 0.15) is 16.1 Å². The standard InChI is InChI=1S/C17H10BrFO2/c18-13-6-7-14(19)11(9-13)5-8-15(20)17-10-12-3-1-2-4-16(12)21-17/h1-10H/b8-5+. The molecule has 1 heterocycles. The maximum absolute atomic E-state index is 13.6. The molecule has 3 rings (SSSR count). The molecule has 0 fully saturated rings. The van der Waals surface area contributed by atoms with E-state index in [1.165, 1.54) is 18.2 Å². The highest BCUT2D eigenvalue weighted by molar-refractivity contribution is 9.10. The quantitative estimate of drug-likeness (QED) is 0.481. The van der Waals surface area contributed by atoms with Crippen molar-refractivity contribution in [3.05, 3.63) is 76.2 Å². The van der Waals surface area contributed by atoms with Gasteiger partial charge in [0.25, 0.3) is 0 Å². The van der Waals surface area contributed by atoms with E-state index in [-0.39, 0.29) is 17.4 Å². The smallest absolute Gasteiger partial charge is 0.221 e.